The van der Waals surface area contributed by atoms with E-state index in [1.165, 1.54) is 36.7 Å². The van der Waals surface area contributed by atoms with Gasteiger partial charge in [-0.15, -0.1) is 0 Å². The molecule has 0 heterocycles. The van der Waals surface area contributed by atoms with Crippen LogP contribution in [0.25, 0.3) is 12.2 Å². The summed E-state index contributed by atoms with van der Waals surface area (Å²) in [7, 11) is 0. The van der Waals surface area contributed by atoms with Crippen molar-refractivity contribution >= 4 is 36.0 Å². The molecule has 2 rings (SSSR count). The van der Waals surface area contributed by atoms with Crippen LogP contribution in [0.4, 0.5) is 11.4 Å². The molecule has 0 unspecified atom stereocenters. The van der Waals surface area contributed by atoms with Crippen molar-refractivity contribution in [2.45, 2.75) is 0 Å². The first-order chi connectivity index (χ1) is 12.6. The number of rotatable bonds is 7. The maximum absolute atomic E-state index is 10.9. The molecule has 0 aliphatic heterocycles. The van der Waals surface area contributed by atoms with Crippen molar-refractivity contribution in [3.8, 4) is 0 Å². The van der Waals surface area contributed by atoms with Crippen LogP contribution in [0.15, 0.2) is 70.9 Å². The first-order valence-corrected chi connectivity index (χ1v) is 7.46. The summed E-state index contributed by atoms with van der Waals surface area (Å²) < 4.78 is 0. The molecule has 26 heavy (non-hydrogen) atoms. The molecule has 2 aromatic carbocycles. The fourth-order valence-corrected chi connectivity index (χ4v) is 2.04. The van der Waals surface area contributed by atoms with Crippen molar-refractivity contribution in [1.82, 2.24) is 0 Å². The Kier molecular flexibility index (Phi) is 6.64. The summed E-state index contributed by atoms with van der Waals surface area (Å²) in [6, 6.07) is 12.7. The van der Waals surface area contributed by atoms with Gasteiger partial charge in [-0.2, -0.15) is 10.2 Å². The molecule has 0 N–H and O–H groups in total. The highest BCUT2D eigenvalue weighted by atomic mass is 16.6. The monoisotopic (exact) mass is 350 g/mol. The molecule has 0 aliphatic rings. The van der Waals surface area contributed by atoms with E-state index in [-0.39, 0.29) is 11.4 Å². The number of allylic oxidation sites excluding steroid dienone is 2. The summed E-state index contributed by atoms with van der Waals surface area (Å²) in [6.45, 7) is 0. The molecule has 0 atom stereocenters. The first kappa shape index (κ1) is 18.4. The Balaban J connectivity index is 1.95. The van der Waals surface area contributed by atoms with E-state index >= 15 is 0 Å². The van der Waals surface area contributed by atoms with Gasteiger partial charge in [-0.25, -0.2) is 0 Å². The molecule has 2 aromatic rings. The van der Waals surface area contributed by atoms with Crippen molar-refractivity contribution < 1.29 is 9.85 Å². The smallest absolute Gasteiger partial charge is 0.258 e. The van der Waals surface area contributed by atoms with Crippen LogP contribution in [0, 0.1) is 20.2 Å². The molecule has 0 radical (unpaired) electrons. The molecular weight excluding hydrogens is 336 g/mol. The maximum Gasteiger partial charge on any atom is 0.276 e. The van der Waals surface area contributed by atoms with Gasteiger partial charge in [0.05, 0.1) is 21.0 Å². The van der Waals surface area contributed by atoms with Crippen molar-refractivity contribution in [3.05, 3.63) is 92.0 Å². The van der Waals surface area contributed by atoms with Gasteiger partial charge in [-0.3, -0.25) is 20.2 Å². The normalized spacial score (nSPS) is 11.8. The number of para-hydroxylation sites is 2. The average Bonchev–Trinajstić information content (AvgIpc) is 2.64. The van der Waals surface area contributed by atoms with Gasteiger partial charge in [0.1, 0.15) is 0 Å². The second-order valence-corrected chi connectivity index (χ2v) is 4.88. The van der Waals surface area contributed by atoms with E-state index in [1.807, 2.05) is 0 Å². The minimum absolute atomic E-state index is 0.00744. The van der Waals surface area contributed by atoms with E-state index in [0.717, 1.165) is 0 Å². The van der Waals surface area contributed by atoms with Crippen LogP contribution in [-0.4, -0.2) is 22.3 Å². The summed E-state index contributed by atoms with van der Waals surface area (Å²) in [5, 5.41) is 29.3. The zero-order valence-corrected chi connectivity index (χ0v) is 13.5. The van der Waals surface area contributed by atoms with Crippen molar-refractivity contribution in [1.29, 1.82) is 0 Å². The Hall–Kier alpha value is -3.94. The lowest BCUT2D eigenvalue weighted by Crippen LogP contribution is -1.90. The molecule has 0 bridgehead atoms. The second-order valence-electron chi connectivity index (χ2n) is 4.88. The van der Waals surface area contributed by atoms with E-state index in [2.05, 4.69) is 10.2 Å². The highest BCUT2D eigenvalue weighted by Gasteiger charge is 2.09. The Bertz CT molecular complexity index is 841. The van der Waals surface area contributed by atoms with Gasteiger partial charge in [0.15, 0.2) is 0 Å². The van der Waals surface area contributed by atoms with Crippen LogP contribution in [0.3, 0.4) is 0 Å². The zero-order chi connectivity index (χ0) is 18.8. The fraction of sp³-hybridized carbons (Fsp3) is 0. The molecule has 0 saturated heterocycles. The Morgan fingerprint density at radius 2 is 1.08 bits per heavy atom. The third-order valence-corrected chi connectivity index (χ3v) is 3.19. The van der Waals surface area contributed by atoms with Crippen LogP contribution in [0.2, 0.25) is 0 Å². The maximum atomic E-state index is 10.9. The average molecular weight is 350 g/mol. The molecule has 0 amide bonds. The lowest BCUT2D eigenvalue weighted by atomic mass is 10.1. The molecule has 8 heteroatoms. The molecule has 0 fully saturated rings. The predicted molar refractivity (Wildman–Crippen MR) is 101 cm³/mol. The number of nitrogens with zero attached hydrogens (tertiary/aromatic N) is 4. The quantitative estimate of drug-likeness (QED) is 0.421. The third-order valence-electron chi connectivity index (χ3n) is 3.19. The van der Waals surface area contributed by atoms with Gasteiger partial charge in [-0.1, -0.05) is 24.3 Å². The summed E-state index contributed by atoms with van der Waals surface area (Å²) >= 11 is 0. The highest BCUT2D eigenvalue weighted by molar-refractivity contribution is 5.82. The minimum atomic E-state index is -0.456. The predicted octanol–water partition coefficient (Wildman–Crippen LogP) is 4.29. The van der Waals surface area contributed by atoms with Crippen LogP contribution in [-0.2, 0) is 0 Å². The molecule has 130 valence electrons. The van der Waals surface area contributed by atoms with E-state index in [1.54, 1.807) is 48.6 Å². The first-order valence-electron chi connectivity index (χ1n) is 7.46. The van der Waals surface area contributed by atoms with E-state index in [9.17, 15) is 20.2 Å². The number of nitro benzene ring substituents is 2. The third kappa shape index (κ3) is 5.31. The largest absolute Gasteiger partial charge is 0.276 e. The van der Waals surface area contributed by atoms with E-state index in [0.29, 0.717) is 11.1 Å². The number of nitro groups is 2. The topological polar surface area (TPSA) is 111 Å². The molecule has 8 nitrogen and oxygen atoms in total. The number of hydrogen-bond acceptors (Lipinski definition) is 6. The van der Waals surface area contributed by atoms with Crippen LogP contribution < -0.4 is 0 Å². The van der Waals surface area contributed by atoms with Crippen molar-refractivity contribution in [3.63, 3.8) is 0 Å². The molecule has 0 spiro atoms. The summed E-state index contributed by atoms with van der Waals surface area (Å²) in [6.07, 6.45) is 8.94. The van der Waals surface area contributed by atoms with Gasteiger partial charge in [0.2, 0.25) is 0 Å². The Labute approximate surface area is 148 Å². The van der Waals surface area contributed by atoms with Crippen LogP contribution in [0.1, 0.15) is 11.1 Å². The zero-order valence-electron chi connectivity index (χ0n) is 13.5. The standard InChI is InChI=1S/C18H14N4O4/c23-21(24)17-11-3-1-7-15(17)9-5-13-19-20-14-6-10-16-8-2-4-12-18(16)22(25)26/h1-14H/b9-5+,10-6+,19-13+,20-14+. The van der Waals surface area contributed by atoms with Crippen molar-refractivity contribution in [2.75, 3.05) is 0 Å². The lowest BCUT2D eigenvalue weighted by molar-refractivity contribution is -0.385. The van der Waals surface area contributed by atoms with E-state index in [4.69, 9.17) is 0 Å². The summed E-state index contributed by atoms with van der Waals surface area (Å²) in [5.74, 6) is 0. The minimum Gasteiger partial charge on any atom is -0.258 e. The second kappa shape index (κ2) is 9.38. The summed E-state index contributed by atoms with van der Waals surface area (Å²) in [5.41, 5.74) is 0.939. The van der Waals surface area contributed by atoms with Crippen LogP contribution in [0.5, 0.6) is 0 Å². The molecule has 0 aliphatic carbocycles. The Morgan fingerprint density at radius 1 is 0.692 bits per heavy atom. The van der Waals surface area contributed by atoms with Gasteiger partial charge in [0.25, 0.3) is 11.4 Å². The SMILES string of the molecule is O=[N+]([O-])c1ccccc1/C=C/C=N/N=C/C=C/c1ccccc1[N+](=O)[O-]. The molecule has 0 saturated carbocycles. The fourth-order valence-electron chi connectivity index (χ4n) is 2.04. The van der Waals surface area contributed by atoms with Crippen LogP contribution >= 0.6 is 0 Å². The van der Waals surface area contributed by atoms with Gasteiger partial charge < -0.3 is 0 Å². The number of hydrogen-bond donors (Lipinski definition) is 0. The Morgan fingerprint density at radius 3 is 1.46 bits per heavy atom. The highest BCUT2D eigenvalue weighted by Crippen LogP contribution is 2.19. The van der Waals surface area contributed by atoms with Gasteiger partial charge in [-0.05, 0) is 36.4 Å². The summed E-state index contributed by atoms with van der Waals surface area (Å²) in [4.78, 5) is 20.8. The van der Waals surface area contributed by atoms with Gasteiger partial charge in [0, 0.05) is 24.6 Å². The van der Waals surface area contributed by atoms with Gasteiger partial charge >= 0.3 is 0 Å². The molecule has 0 aromatic heterocycles. The molecular formula is C18H14N4O4. The number of benzene rings is 2. The lowest BCUT2D eigenvalue weighted by Gasteiger charge is -1.95. The van der Waals surface area contributed by atoms with Crippen molar-refractivity contribution in [2.24, 2.45) is 10.2 Å². The van der Waals surface area contributed by atoms with E-state index < -0.39 is 9.85 Å².